The van der Waals surface area contributed by atoms with Gasteiger partial charge in [-0.25, -0.2) is 4.98 Å². The minimum atomic E-state index is -0.116. The Kier molecular flexibility index (Phi) is 5.37. The van der Waals surface area contributed by atoms with Crippen LogP contribution in [0.5, 0.6) is 0 Å². The van der Waals surface area contributed by atoms with E-state index in [1.165, 1.54) is 0 Å². The first kappa shape index (κ1) is 18.6. The minimum absolute atomic E-state index is 0.116. The molecule has 0 saturated heterocycles. The number of rotatable bonds is 6. The van der Waals surface area contributed by atoms with E-state index in [-0.39, 0.29) is 12.5 Å². The maximum atomic E-state index is 12.5. The molecule has 2 aromatic heterocycles. The van der Waals surface area contributed by atoms with Crippen molar-refractivity contribution >= 4 is 40.1 Å². The quantitative estimate of drug-likeness (QED) is 0.491. The van der Waals surface area contributed by atoms with Crippen LogP contribution in [-0.2, 0) is 24.3 Å². The van der Waals surface area contributed by atoms with E-state index in [9.17, 15) is 4.79 Å². The number of carbonyl (C=O) groups excluding carboxylic acids is 1. The Morgan fingerprint density at radius 3 is 2.71 bits per heavy atom. The molecule has 1 N–H and O–H groups in total. The van der Waals surface area contributed by atoms with E-state index in [0.29, 0.717) is 28.8 Å². The largest absolute Gasteiger partial charge is 0.467 e. The highest BCUT2D eigenvalue weighted by Gasteiger charge is 2.15. The predicted octanol–water partition coefficient (Wildman–Crippen LogP) is 4.84. The molecule has 0 radical (unpaired) electrons. The number of aromatic nitrogens is 2. The molecule has 0 spiro atoms. The number of fused-ring (bicyclic) bond motifs is 1. The number of amides is 1. The van der Waals surface area contributed by atoms with Crippen molar-refractivity contribution in [2.45, 2.75) is 19.5 Å². The maximum Gasteiger partial charge on any atom is 0.240 e. The molecule has 0 fully saturated rings. The van der Waals surface area contributed by atoms with Gasteiger partial charge in [0.25, 0.3) is 0 Å². The van der Waals surface area contributed by atoms with Crippen molar-refractivity contribution in [2.75, 3.05) is 0 Å². The fourth-order valence-electron chi connectivity index (χ4n) is 3.07. The summed E-state index contributed by atoms with van der Waals surface area (Å²) in [5.74, 6) is 1.38. The van der Waals surface area contributed by atoms with Crippen LogP contribution in [0.2, 0.25) is 10.0 Å². The summed E-state index contributed by atoms with van der Waals surface area (Å²) in [4.78, 5) is 17.2. The Bertz CT molecular complexity index is 1120. The molecule has 0 aliphatic heterocycles. The predicted molar refractivity (Wildman–Crippen MR) is 110 cm³/mol. The summed E-state index contributed by atoms with van der Waals surface area (Å²) < 4.78 is 7.18. The fraction of sp³-hybridized carbons (Fsp3) is 0.143. The van der Waals surface area contributed by atoms with E-state index < -0.39 is 0 Å². The molecule has 7 heteroatoms. The molecular weight excluding hydrogens is 397 g/mol. The first-order valence-electron chi connectivity index (χ1n) is 8.77. The van der Waals surface area contributed by atoms with Gasteiger partial charge in [-0.2, -0.15) is 0 Å². The summed E-state index contributed by atoms with van der Waals surface area (Å²) in [6.45, 7) is 0.512. The molecule has 0 unspecified atom stereocenters. The molecule has 2 aromatic carbocycles. The normalized spacial score (nSPS) is 11.1. The molecule has 4 aromatic rings. The van der Waals surface area contributed by atoms with Gasteiger partial charge in [-0.05, 0) is 42.0 Å². The van der Waals surface area contributed by atoms with Crippen molar-refractivity contribution in [3.05, 3.63) is 88.1 Å². The second-order valence-electron chi connectivity index (χ2n) is 6.38. The van der Waals surface area contributed by atoms with E-state index in [2.05, 4.69) is 5.32 Å². The first-order chi connectivity index (χ1) is 13.6. The van der Waals surface area contributed by atoms with Crippen molar-refractivity contribution < 1.29 is 9.21 Å². The Labute approximate surface area is 171 Å². The van der Waals surface area contributed by atoms with Crippen LogP contribution < -0.4 is 5.32 Å². The summed E-state index contributed by atoms with van der Waals surface area (Å²) in [6.07, 6.45) is 2.12. The molecule has 4 rings (SSSR count). The van der Waals surface area contributed by atoms with Gasteiger partial charge in [-0.1, -0.05) is 41.4 Å². The van der Waals surface area contributed by atoms with E-state index in [4.69, 9.17) is 32.6 Å². The van der Waals surface area contributed by atoms with Crippen molar-refractivity contribution in [2.24, 2.45) is 0 Å². The molecule has 0 bridgehead atoms. The second-order valence-corrected chi connectivity index (χ2v) is 7.20. The lowest BCUT2D eigenvalue weighted by atomic mass is 10.1. The first-order valence-corrected chi connectivity index (χ1v) is 9.53. The number of hydrogen-bond acceptors (Lipinski definition) is 3. The number of nitrogens with zero attached hydrogens (tertiary/aromatic N) is 2. The van der Waals surface area contributed by atoms with Crippen molar-refractivity contribution in [3.63, 3.8) is 0 Å². The number of para-hydroxylation sites is 2. The lowest BCUT2D eigenvalue weighted by molar-refractivity contribution is -0.121. The number of carbonyl (C=O) groups is 1. The number of hydrogen-bond donors (Lipinski definition) is 1. The maximum absolute atomic E-state index is 12.5. The van der Waals surface area contributed by atoms with E-state index in [1.54, 1.807) is 18.4 Å². The van der Waals surface area contributed by atoms with Gasteiger partial charge < -0.3 is 14.3 Å². The van der Waals surface area contributed by atoms with Gasteiger partial charge in [0.05, 0.1) is 33.9 Å². The molecular formula is C21H17Cl2N3O2. The third-order valence-corrected chi connectivity index (χ3v) is 5.16. The molecule has 0 aliphatic rings. The van der Waals surface area contributed by atoms with Crippen molar-refractivity contribution in [3.8, 4) is 0 Å². The van der Waals surface area contributed by atoms with Crippen molar-refractivity contribution in [1.82, 2.24) is 14.9 Å². The average molecular weight is 414 g/mol. The average Bonchev–Trinajstić information content (AvgIpc) is 3.32. The van der Waals surface area contributed by atoms with Crippen LogP contribution in [0.15, 0.2) is 65.3 Å². The van der Waals surface area contributed by atoms with Gasteiger partial charge in [0, 0.05) is 6.42 Å². The number of halogens is 2. The fourth-order valence-corrected chi connectivity index (χ4v) is 3.39. The minimum Gasteiger partial charge on any atom is -0.467 e. The second kappa shape index (κ2) is 8.09. The number of furan rings is 1. The monoisotopic (exact) mass is 413 g/mol. The van der Waals surface area contributed by atoms with Gasteiger partial charge in [0.15, 0.2) is 0 Å². The Balaban J connectivity index is 1.59. The van der Waals surface area contributed by atoms with Crippen LogP contribution in [-0.4, -0.2) is 15.5 Å². The molecule has 142 valence electrons. The van der Waals surface area contributed by atoms with Crippen LogP contribution in [0.1, 0.15) is 17.1 Å². The van der Waals surface area contributed by atoms with Gasteiger partial charge >= 0.3 is 0 Å². The number of nitrogens with one attached hydrogen (secondary N) is 1. The highest BCUT2D eigenvalue weighted by molar-refractivity contribution is 6.42. The summed E-state index contributed by atoms with van der Waals surface area (Å²) >= 11 is 12.2. The Morgan fingerprint density at radius 2 is 1.93 bits per heavy atom. The third-order valence-electron chi connectivity index (χ3n) is 4.42. The third kappa shape index (κ3) is 4.06. The molecule has 0 saturated carbocycles. The summed E-state index contributed by atoms with van der Waals surface area (Å²) in [5.41, 5.74) is 2.73. The van der Waals surface area contributed by atoms with Crippen LogP contribution in [0.25, 0.3) is 11.0 Å². The zero-order valence-electron chi connectivity index (χ0n) is 14.9. The van der Waals surface area contributed by atoms with Crippen LogP contribution >= 0.6 is 23.2 Å². The lowest BCUT2D eigenvalue weighted by Crippen LogP contribution is -2.27. The molecule has 0 aliphatic carbocycles. The van der Waals surface area contributed by atoms with Crippen molar-refractivity contribution in [1.29, 1.82) is 0 Å². The molecule has 1 amide bonds. The summed E-state index contributed by atoms with van der Waals surface area (Å²) in [7, 11) is 0. The Morgan fingerprint density at radius 1 is 1.07 bits per heavy atom. The molecule has 2 heterocycles. The molecule has 28 heavy (non-hydrogen) atoms. The van der Waals surface area contributed by atoms with Crippen LogP contribution in [0.3, 0.4) is 0 Å². The SMILES string of the molecule is O=C(Cn1c(Cc2ccc(Cl)c(Cl)c2)nc2ccccc21)NCc1ccco1. The molecule has 0 atom stereocenters. The lowest BCUT2D eigenvalue weighted by Gasteiger charge is -2.10. The summed E-state index contributed by atoms with van der Waals surface area (Å²) in [5, 5.41) is 3.88. The highest BCUT2D eigenvalue weighted by Crippen LogP contribution is 2.25. The smallest absolute Gasteiger partial charge is 0.240 e. The van der Waals surface area contributed by atoms with Gasteiger partial charge in [-0.15, -0.1) is 0 Å². The topological polar surface area (TPSA) is 60.1 Å². The number of imidazole rings is 1. The van der Waals surface area contributed by atoms with Gasteiger partial charge in [0.2, 0.25) is 5.91 Å². The molecule has 5 nitrogen and oxygen atoms in total. The van der Waals surface area contributed by atoms with E-state index in [1.807, 2.05) is 47.0 Å². The Hall–Kier alpha value is -2.76. The van der Waals surface area contributed by atoms with E-state index >= 15 is 0 Å². The van der Waals surface area contributed by atoms with Gasteiger partial charge in [-0.3, -0.25) is 4.79 Å². The van der Waals surface area contributed by atoms with E-state index in [0.717, 1.165) is 22.4 Å². The van der Waals surface area contributed by atoms with Gasteiger partial charge in [0.1, 0.15) is 18.1 Å². The van der Waals surface area contributed by atoms with Crippen LogP contribution in [0, 0.1) is 0 Å². The zero-order chi connectivity index (χ0) is 19.5. The highest BCUT2D eigenvalue weighted by atomic mass is 35.5. The summed E-state index contributed by atoms with van der Waals surface area (Å²) in [6, 6.07) is 16.9. The zero-order valence-corrected chi connectivity index (χ0v) is 16.4. The number of benzene rings is 2. The standard InChI is InChI=1S/C21H17Cl2N3O2/c22-16-8-7-14(10-17(16)23)11-20-25-18-5-1-2-6-19(18)26(20)13-21(27)24-12-15-4-3-9-28-15/h1-10H,11-13H2,(H,24,27). The van der Waals surface area contributed by atoms with Crippen LogP contribution in [0.4, 0.5) is 0 Å².